The highest BCUT2D eigenvalue weighted by Crippen LogP contribution is 2.25. The summed E-state index contributed by atoms with van der Waals surface area (Å²) in [6.45, 7) is 7.99. The summed E-state index contributed by atoms with van der Waals surface area (Å²) in [7, 11) is 1.97. The summed E-state index contributed by atoms with van der Waals surface area (Å²) in [4.78, 5) is 2.52. The minimum absolute atomic E-state index is 0.753. The van der Waals surface area contributed by atoms with Gasteiger partial charge >= 0.3 is 0 Å². The second-order valence-corrected chi connectivity index (χ2v) is 4.80. The minimum Gasteiger partial charge on any atom is -0.388 e. The van der Waals surface area contributed by atoms with E-state index in [1.54, 1.807) is 0 Å². The van der Waals surface area contributed by atoms with Crippen molar-refractivity contribution in [1.82, 2.24) is 4.90 Å². The monoisotopic (exact) mass is 204 g/mol. The maximum atomic E-state index is 3.19. The van der Waals surface area contributed by atoms with Crippen LogP contribution in [0.1, 0.15) is 25.0 Å². The Hall–Kier alpha value is -1.02. The number of anilines is 1. The molecule has 0 amide bonds. The van der Waals surface area contributed by atoms with Gasteiger partial charge in [-0.25, -0.2) is 0 Å². The fourth-order valence-electron chi connectivity index (χ4n) is 2.27. The molecule has 1 aliphatic heterocycles. The molecule has 15 heavy (non-hydrogen) atoms. The molecule has 1 heterocycles. The van der Waals surface area contributed by atoms with E-state index in [4.69, 9.17) is 0 Å². The molecule has 0 spiro atoms. The summed E-state index contributed by atoms with van der Waals surface area (Å²) >= 11 is 0. The van der Waals surface area contributed by atoms with Crippen LogP contribution in [0.4, 0.5) is 5.69 Å². The standard InChI is InChI=1S/C13H20N2/c1-10(2)7-15-8-11-4-5-13(14-3)6-12(11)9-15/h4-6,10,14H,7-9H2,1-3H3. The number of fused-ring (bicyclic) bond motifs is 1. The molecule has 0 unspecified atom stereocenters. The molecule has 0 saturated carbocycles. The molecule has 0 fully saturated rings. The van der Waals surface area contributed by atoms with Crippen LogP contribution >= 0.6 is 0 Å². The van der Waals surface area contributed by atoms with E-state index in [0.717, 1.165) is 19.0 Å². The van der Waals surface area contributed by atoms with Gasteiger partial charge in [0.25, 0.3) is 0 Å². The van der Waals surface area contributed by atoms with Gasteiger partial charge in [-0.1, -0.05) is 19.9 Å². The van der Waals surface area contributed by atoms with Crippen LogP contribution in [-0.2, 0) is 13.1 Å². The van der Waals surface area contributed by atoms with Crippen molar-refractivity contribution in [3.63, 3.8) is 0 Å². The van der Waals surface area contributed by atoms with Crippen molar-refractivity contribution < 1.29 is 0 Å². The molecule has 0 aromatic heterocycles. The third kappa shape index (κ3) is 2.32. The predicted molar refractivity (Wildman–Crippen MR) is 64.9 cm³/mol. The Balaban J connectivity index is 2.09. The highest BCUT2D eigenvalue weighted by Gasteiger charge is 2.19. The topological polar surface area (TPSA) is 15.3 Å². The van der Waals surface area contributed by atoms with Crippen LogP contribution in [0, 0.1) is 5.92 Å². The fraction of sp³-hybridized carbons (Fsp3) is 0.538. The fourth-order valence-corrected chi connectivity index (χ4v) is 2.27. The van der Waals surface area contributed by atoms with Crippen LogP contribution in [-0.4, -0.2) is 18.5 Å². The van der Waals surface area contributed by atoms with Crippen LogP contribution in [0.5, 0.6) is 0 Å². The second-order valence-electron chi connectivity index (χ2n) is 4.80. The average Bonchev–Trinajstić information content (AvgIpc) is 2.57. The lowest BCUT2D eigenvalue weighted by atomic mass is 10.1. The van der Waals surface area contributed by atoms with E-state index in [1.807, 2.05) is 7.05 Å². The van der Waals surface area contributed by atoms with Gasteiger partial charge in [0.15, 0.2) is 0 Å². The van der Waals surface area contributed by atoms with E-state index in [9.17, 15) is 0 Å². The summed E-state index contributed by atoms with van der Waals surface area (Å²) in [5, 5.41) is 3.19. The molecule has 0 atom stereocenters. The molecule has 1 N–H and O–H groups in total. The normalized spacial score (nSPS) is 15.7. The Morgan fingerprint density at radius 3 is 2.67 bits per heavy atom. The van der Waals surface area contributed by atoms with E-state index >= 15 is 0 Å². The van der Waals surface area contributed by atoms with Crippen molar-refractivity contribution in [2.45, 2.75) is 26.9 Å². The minimum atomic E-state index is 0.753. The summed E-state index contributed by atoms with van der Waals surface area (Å²) in [6.07, 6.45) is 0. The van der Waals surface area contributed by atoms with Crippen LogP contribution in [0.25, 0.3) is 0 Å². The Morgan fingerprint density at radius 1 is 1.27 bits per heavy atom. The smallest absolute Gasteiger partial charge is 0.0341 e. The zero-order valence-electron chi connectivity index (χ0n) is 9.88. The molecule has 2 rings (SSSR count). The molecule has 1 aromatic rings. The third-order valence-corrected chi connectivity index (χ3v) is 2.91. The van der Waals surface area contributed by atoms with Crippen molar-refractivity contribution in [2.75, 3.05) is 18.9 Å². The molecule has 2 heteroatoms. The van der Waals surface area contributed by atoms with E-state index in [2.05, 4.69) is 42.3 Å². The number of nitrogens with one attached hydrogen (secondary N) is 1. The first kappa shape index (κ1) is 10.5. The van der Waals surface area contributed by atoms with E-state index in [0.29, 0.717) is 0 Å². The molecular formula is C13H20N2. The van der Waals surface area contributed by atoms with Crippen LogP contribution in [0.2, 0.25) is 0 Å². The number of nitrogens with zero attached hydrogens (tertiary/aromatic N) is 1. The Labute approximate surface area is 92.3 Å². The predicted octanol–water partition coefficient (Wildman–Crippen LogP) is 2.70. The Bertz CT molecular complexity index is 344. The quantitative estimate of drug-likeness (QED) is 0.814. The maximum Gasteiger partial charge on any atom is 0.0341 e. The first-order valence-electron chi connectivity index (χ1n) is 5.71. The summed E-state index contributed by atoms with van der Waals surface area (Å²) in [5.74, 6) is 0.753. The Kier molecular flexibility index (Phi) is 2.96. The van der Waals surface area contributed by atoms with Gasteiger partial charge in [0, 0.05) is 32.4 Å². The maximum absolute atomic E-state index is 3.19. The SMILES string of the molecule is CNc1ccc2c(c1)CN(CC(C)C)C2. The van der Waals surface area contributed by atoms with Gasteiger partial charge in [0.2, 0.25) is 0 Å². The van der Waals surface area contributed by atoms with Gasteiger partial charge in [-0.2, -0.15) is 0 Å². The Morgan fingerprint density at radius 2 is 2.00 bits per heavy atom. The van der Waals surface area contributed by atoms with Gasteiger partial charge in [0.05, 0.1) is 0 Å². The van der Waals surface area contributed by atoms with E-state index in [1.165, 1.54) is 23.4 Å². The van der Waals surface area contributed by atoms with Crippen molar-refractivity contribution in [3.8, 4) is 0 Å². The largest absolute Gasteiger partial charge is 0.388 e. The highest BCUT2D eigenvalue weighted by molar-refractivity contribution is 5.49. The average molecular weight is 204 g/mol. The molecule has 1 aliphatic rings. The highest BCUT2D eigenvalue weighted by atomic mass is 15.1. The zero-order valence-corrected chi connectivity index (χ0v) is 9.88. The van der Waals surface area contributed by atoms with Gasteiger partial charge in [-0.15, -0.1) is 0 Å². The molecular weight excluding hydrogens is 184 g/mol. The second kappa shape index (κ2) is 4.23. The zero-order chi connectivity index (χ0) is 10.8. The number of hydrogen-bond acceptors (Lipinski definition) is 2. The number of benzene rings is 1. The first-order chi connectivity index (χ1) is 7.19. The summed E-state index contributed by atoms with van der Waals surface area (Å²) in [5.41, 5.74) is 4.21. The van der Waals surface area contributed by atoms with E-state index < -0.39 is 0 Å². The lowest BCUT2D eigenvalue weighted by molar-refractivity contribution is 0.251. The van der Waals surface area contributed by atoms with Gasteiger partial charge in [-0.3, -0.25) is 4.90 Å². The number of rotatable bonds is 3. The summed E-state index contributed by atoms with van der Waals surface area (Å²) < 4.78 is 0. The van der Waals surface area contributed by atoms with E-state index in [-0.39, 0.29) is 0 Å². The lowest BCUT2D eigenvalue weighted by Crippen LogP contribution is -2.21. The third-order valence-electron chi connectivity index (χ3n) is 2.91. The van der Waals surface area contributed by atoms with Gasteiger partial charge in [0.1, 0.15) is 0 Å². The summed E-state index contributed by atoms with van der Waals surface area (Å²) in [6, 6.07) is 6.69. The first-order valence-corrected chi connectivity index (χ1v) is 5.71. The molecule has 0 bridgehead atoms. The molecule has 82 valence electrons. The molecule has 0 radical (unpaired) electrons. The van der Waals surface area contributed by atoms with Crippen LogP contribution in [0.3, 0.4) is 0 Å². The molecule has 2 nitrogen and oxygen atoms in total. The van der Waals surface area contributed by atoms with Crippen molar-refractivity contribution in [3.05, 3.63) is 29.3 Å². The van der Waals surface area contributed by atoms with Crippen molar-refractivity contribution in [2.24, 2.45) is 5.92 Å². The number of hydrogen-bond donors (Lipinski definition) is 1. The van der Waals surface area contributed by atoms with Crippen molar-refractivity contribution in [1.29, 1.82) is 0 Å². The van der Waals surface area contributed by atoms with Gasteiger partial charge < -0.3 is 5.32 Å². The van der Waals surface area contributed by atoms with Crippen LogP contribution < -0.4 is 5.32 Å². The lowest BCUT2D eigenvalue weighted by Gasteiger charge is -2.16. The molecule has 0 saturated heterocycles. The molecule has 0 aliphatic carbocycles. The molecule has 1 aromatic carbocycles. The van der Waals surface area contributed by atoms with Gasteiger partial charge in [-0.05, 0) is 29.2 Å². The van der Waals surface area contributed by atoms with Crippen LogP contribution in [0.15, 0.2) is 18.2 Å². The van der Waals surface area contributed by atoms with Crippen molar-refractivity contribution >= 4 is 5.69 Å².